The molecule has 0 atom stereocenters. The third kappa shape index (κ3) is 6.61. The van der Waals surface area contributed by atoms with Gasteiger partial charge in [0.1, 0.15) is 17.3 Å². The standard InChI is InChI=1S/C33H44BrN7O3/c1-21-16-27(30(43-5)19-28(21)41-9-6-23(7-10-41)40-13-11-39(4)12-14-40)37-32-35-20-25(34)31(38-32)36-26-17-22-8-15-44-29(22)18-24(26)33(2,3)42/h16-20,23,42H,6-15H2,1-5H3,(H2,35,36,37,38). The number of nitrogens with zero attached hydrogens (tertiary/aromatic N) is 5. The lowest BCUT2D eigenvalue weighted by Gasteiger charge is -2.43. The topological polar surface area (TPSA) is 98.3 Å². The van der Waals surface area contributed by atoms with Gasteiger partial charge in [-0.25, -0.2) is 4.98 Å². The molecule has 3 aliphatic heterocycles. The highest BCUT2D eigenvalue weighted by Gasteiger charge is 2.28. The zero-order valence-corrected chi connectivity index (χ0v) is 28.0. The Morgan fingerprint density at radius 2 is 1.77 bits per heavy atom. The van der Waals surface area contributed by atoms with Crippen LogP contribution in [0.1, 0.15) is 43.4 Å². The number of hydrogen-bond donors (Lipinski definition) is 3. The van der Waals surface area contributed by atoms with E-state index in [0.29, 0.717) is 28.9 Å². The molecule has 0 spiro atoms. The molecule has 0 saturated carbocycles. The summed E-state index contributed by atoms with van der Waals surface area (Å²) >= 11 is 3.60. The van der Waals surface area contributed by atoms with Crippen molar-refractivity contribution in [2.75, 3.05) is 75.6 Å². The molecule has 0 aliphatic carbocycles. The predicted molar refractivity (Wildman–Crippen MR) is 179 cm³/mol. The van der Waals surface area contributed by atoms with Crippen molar-refractivity contribution in [1.29, 1.82) is 0 Å². The quantitative estimate of drug-likeness (QED) is 0.289. The van der Waals surface area contributed by atoms with Crippen molar-refractivity contribution in [2.45, 2.75) is 51.7 Å². The molecular weight excluding hydrogens is 622 g/mol. The Morgan fingerprint density at radius 1 is 1.02 bits per heavy atom. The molecule has 0 unspecified atom stereocenters. The van der Waals surface area contributed by atoms with Crippen molar-refractivity contribution < 1.29 is 14.6 Å². The number of piperidine rings is 1. The van der Waals surface area contributed by atoms with Gasteiger partial charge in [-0.2, -0.15) is 4.98 Å². The van der Waals surface area contributed by atoms with E-state index in [2.05, 4.69) is 72.4 Å². The third-order valence-corrected chi connectivity index (χ3v) is 9.69. The van der Waals surface area contributed by atoms with Crippen LogP contribution in [0.5, 0.6) is 11.5 Å². The fraction of sp³-hybridized carbons (Fsp3) is 0.515. The van der Waals surface area contributed by atoms with E-state index in [0.717, 1.165) is 66.6 Å². The van der Waals surface area contributed by atoms with E-state index in [1.54, 1.807) is 27.2 Å². The highest BCUT2D eigenvalue weighted by molar-refractivity contribution is 9.10. The van der Waals surface area contributed by atoms with Crippen LogP contribution >= 0.6 is 15.9 Å². The first kappa shape index (κ1) is 30.9. The highest BCUT2D eigenvalue weighted by atomic mass is 79.9. The Balaban J connectivity index is 1.18. The fourth-order valence-electron chi connectivity index (χ4n) is 6.54. The molecule has 11 heteroatoms. The first-order chi connectivity index (χ1) is 21.1. The second-order valence-corrected chi connectivity index (χ2v) is 13.6. The molecule has 4 heterocycles. The van der Waals surface area contributed by atoms with Crippen LogP contribution in [0, 0.1) is 6.92 Å². The number of aromatic nitrogens is 2. The molecule has 0 amide bonds. The number of nitrogens with one attached hydrogen (secondary N) is 2. The van der Waals surface area contributed by atoms with Crippen LogP contribution in [0.25, 0.3) is 0 Å². The van der Waals surface area contributed by atoms with Gasteiger partial charge in [0, 0.05) is 80.9 Å². The molecule has 1 aromatic heterocycles. The number of halogens is 1. The summed E-state index contributed by atoms with van der Waals surface area (Å²) in [5.41, 5.74) is 4.74. The van der Waals surface area contributed by atoms with E-state index < -0.39 is 5.60 Å². The minimum Gasteiger partial charge on any atom is -0.494 e. The van der Waals surface area contributed by atoms with Crippen LogP contribution < -0.4 is 25.0 Å². The second kappa shape index (κ2) is 12.7. The Kier molecular flexibility index (Phi) is 8.92. The maximum atomic E-state index is 10.9. The lowest BCUT2D eigenvalue weighted by molar-refractivity contribution is 0.0791. The van der Waals surface area contributed by atoms with Gasteiger partial charge in [-0.15, -0.1) is 0 Å². The number of aryl methyl sites for hydroxylation is 1. The first-order valence-corrected chi connectivity index (χ1v) is 16.3. The number of methoxy groups -OCH3 is 1. The zero-order valence-electron chi connectivity index (χ0n) is 26.4. The average Bonchev–Trinajstić information content (AvgIpc) is 3.46. The Morgan fingerprint density at radius 3 is 2.48 bits per heavy atom. The van der Waals surface area contributed by atoms with E-state index >= 15 is 0 Å². The van der Waals surface area contributed by atoms with E-state index in [9.17, 15) is 5.11 Å². The molecule has 236 valence electrons. The van der Waals surface area contributed by atoms with Crippen LogP contribution in [-0.2, 0) is 12.0 Å². The Hall–Kier alpha value is -3.12. The first-order valence-electron chi connectivity index (χ1n) is 15.5. The number of likely N-dealkylation sites (N-methyl/N-ethyl adjacent to an activating group) is 1. The summed E-state index contributed by atoms with van der Waals surface area (Å²) in [7, 11) is 3.91. The summed E-state index contributed by atoms with van der Waals surface area (Å²) < 4.78 is 12.3. The van der Waals surface area contributed by atoms with Gasteiger partial charge in [-0.1, -0.05) is 0 Å². The number of fused-ring (bicyclic) bond motifs is 1. The number of benzene rings is 2. The van der Waals surface area contributed by atoms with Crippen molar-refractivity contribution in [2.24, 2.45) is 0 Å². The summed E-state index contributed by atoms with van der Waals surface area (Å²) in [6.45, 7) is 13.1. The monoisotopic (exact) mass is 665 g/mol. The molecule has 3 aromatic rings. The molecule has 2 aromatic carbocycles. The van der Waals surface area contributed by atoms with Gasteiger partial charge in [-0.05, 0) is 85.9 Å². The lowest BCUT2D eigenvalue weighted by atomic mass is 9.94. The minimum atomic E-state index is -1.07. The third-order valence-electron chi connectivity index (χ3n) is 9.11. The van der Waals surface area contributed by atoms with Crippen molar-refractivity contribution >= 4 is 44.8 Å². The van der Waals surface area contributed by atoms with Gasteiger partial charge in [0.2, 0.25) is 5.95 Å². The number of anilines is 5. The molecule has 0 bridgehead atoms. The van der Waals surface area contributed by atoms with Crippen molar-refractivity contribution in [3.63, 3.8) is 0 Å². The molecule has 3 aliphatic rings. The van der Waals surface area contributed by atoms with Crippen molar-refractivity contribution in [3.05, 3.63) is 51.6 Å². The Labute approximate surface area is 268 Å². The van der Waals surface area contributed by atoms with E-state index in [4.69, 9.17) is 14.5 Å². The van der Waals surface area contributed by atoms with Gasteiger partial charge in [-0.3, -0.25) is 4.90 Å². The van der Waals surface area contributed by atoms with Crippen molar-refractivity contribution in [1.82, 2.24) is 19.8 Å². The Bertz CT molecular complexity index is 1500. The summed E-state index contributed by atoms with van der Waals surface area (Å²) in [4.78, 5) is 16.9. The number of rotatable bonds is 8. The summed E-state index contributed by atoms with van der Waals surface area (Å²) in [6.07, 6.45) is 4.91. The molecule has 2 fully saturated rings. The molecule has 3 N–H and O–H groups in total. The number of hydrogen-bond acceptors (Lipinski definition) is 10. The molecule has 6 rings (SSSR count). The summed E-state index contributed by atoms with van der Waals surface area (Å²) in [6, 6.07) is 8.88. The van der Waals surface area contributed by atoms with Gasteiger partial charge in [0.25, 0.3) is 0 Å². The maximum Gasteiger partial charge on any atom is 0.229 e. The number of piperazine rings is 1. The van der Waals surface area contributed by atoms with Gasteiger partial charge >= 0.3 is 0 Å². The van der Waals surface area contributed by atoms with Crippen molar-refractivity contribution in [3.8, 4) is 11.5 Å². The van der Waals surface area contributed by atoms with E-state index in [-0.39, 0.29) is 0 Å². The normalized spacial score (nSPS) is 18.2. The second-order valence-electron chi connectivity index (χ2n) is 12.7. The molecular formula is C33H44BrN7O3. The molecule has 44 heavy (non-hydrogen) atoms. The van der Waals surface area contributed by atoms with Crippen LogP contribution in [0.4, 0.5) is 28.8 Å². The maximum absolute atomic E-state index is 10.9. The fourth-order valence-corrected chi connectivity index (χ4v) is 6.83. The predicted octanol–water partition coefficient (Wildman–Crippen LogP) is 5.42. The average molecular weight is 667 g/mol. The highest BCUT2D eigenvalue weighted by Crippen LogP contribution is 2.40. The SMILES string of the molecule is COc1cc(N2CCC(N3CCN(C)CC3)CC2)c(C)cc1Nc1ncc(Br)c(Nc2cc3c(cc2C(C)(C)O)OCC3)n1. The lowest BCUT2D eigenvalue weighted by Crippen LogP contribution is -2.52. The largest absolute Gasteiger partial charge is 0.494 e. The minimum absolute atomic E-state index is 0.434. The van der Waals surface area contributed by atoms with Gasteiger partial charge < -0.3 is 35.0 Å². The summed E-state index contributed by atoms with van der Waals surface area (Å²) in [5, 5.41) is 17.7. The molecule has 10 nitrogen and oxygen atoms in total. The van der Waals surface area contributed by atoms with E-state index in [1.165, 1.54) is 37.2 Å². The number of ether oxygens (including phenoxy) is 2. The van der Waals surface area contributed by atoms with Crippen LogP contribution in [0.15, 0.2) is 34.9 Å². The molecule has 2 saturated heterocycles. The van der Waals surface area contributed by atoms with Gasteiger partial charge in [0.05, 0.1) is 29.5 Å². The molecule has 0 radical (unpaired) electrons. The zero-order chi connectivity index (χ0) is 31.0. The van der Waals surface area contributed by atoms with Gasteiger partial charge in [0.15, 0.2) is 0 Å². The van der Waals surface area contributed by atoms with Crippen LogP contribution in [0.3, 0.4) is 0 Å². The van der Waals surface area contributed by atoms with Crippen LogP contribution in [0.2, 0.25) is 0 Å². The van der Waals surface area contributed by atoms with Crippen LogP contribution in [-0.4, -0.2) is 90.9 Å². The number of aliphatic hydroxyl groups is 1. The summed E-state index contributed by atoms with van der Waals surface area (Å²) in [5.74, 6) is 2.59. The smallest absolute Gasteiger partial charge is 0.229 e. The van der Waals surface area contributed by atoms with E-state index in [1.807, 2.05) is 12.1 Å².